The zero-order chi connectivity index (χ0) is 18.4. The number of hydrogen-bond acceptors (Lipinski definition) is 2. The van der Waals surface area contributed by atoms with Gasteiger partial charge in [-0.2, -0.15) is 13.2 Å². The molecule has 0 saturated carbocycles. The number of nitrogens with one attached hydrogen (secondary N) is 1. The molecule has 0 aromatic heterocycles. The van der Waals surface area contributed by atoms with E-state index in [1.165, 1.54) is 17.9 Å². The summed E-state index contributed by atoms with van der Waals surface area (Å²) in [6.07, 6.45) is -3.70. The lowest BCUT2D eigenvalue weighted by molar-refractivity contribution is -0.181. The number of alkyl halides is 3. The summed E-state index contributed by atoms with van der Waals surface area (Å²) in [6, 6.07) is 5.15. The molecule has 1 fully saturated rings. The first-order valence-electron chi connectivity index (χ1n) is 8.32. The molecule has 1 heterocycles. The van der Waals surface area contributed by atoms with Gasteiger partial charge in [0.2, 0.25) is 0 Å². The first-order valence-corrected chi connectivity index (χ1v) is 8.32. The lowest BCUT2D eigenvalue weighted by atomic mass is 10.1. The summed E-state index contributed by atoms with van der Waals surface area (Å²) < 4.78 is 52.0. The number of halogens is 5. The van der Waals surface area contributed by atoms with Crippen LogP contribution in [0.15, 0.2) is 29.3 Å². The predicted molar refractivity (Wildman–Crippen MR) is 106 cm³/mol. The molecule has 9 heteroatoms. The Hall–Kier alpha value is -1.10. The van der Waals surface area contributed by atoms with Crippen molar-refractivity contribution in [2.24, 2.45) is 4.99 Å². The van der Waals surface area contributed by atoms with E-state index in [2.05, 4.69) is 10.3 Å². The van der Waals surface area contributed by atoms with Crippen molar-refractivity contribution in [1.29, 1.82) is 0 Å². The van der Waals surface area contributed by atoms with Crippen molar-refractivity contribution < 1.29 is 17.6 Å². The van der Waals surface area contributed by atoms with Gasteiger partial charge in [-0.3, -0.25) is 9.89 Å². The van der Waals surface area contributed by atoms with Crippen molar-refractivity contribution in [1.82, 2.24) is 15.1 Å². The number of rotatable bonds is 4. The number of hydrogen-bond donors (Lipinski definition) is 1. The van der Waals surface area contributed by atoms with E-state index in [9.17, 15) is 17.6 Å². The van der Waals surface area contributed by atoms with Gasteiger partial charge in [0.1, 0.15) is 11.9 Å². The highest BCUT2D eigenvalue weighted by Crippen LogP contribution is 2.25. The summed E-state index contributed by atoms with van der Waals surface area (Å²) >= 11 is 0. The molecule has 1 saturated heterocycles. The predicted octanol–water partition coefficient (Wildman–Crippen LogP) is 3.13. The Bertz CT molecular complexity index is 586. The second kappa shape index (κ2) is 10.3. The smallest absolute Gasteiger partial charge is 0.356 e. The molecular formula is C17H25F4IN4. The number of piperazine rings is 1. The van der Waals surface area contributed by atoms with Crippen LogP contribution >= 0.6 is 24.0 Å². The molecule has 1 aromatic carbocycles. The molecule has 1 unspecified atom stereocenters. The standard InChI is InChI=1S/C17H24F4N4.HI/c1-13(17(19,20)21)24-9-11-25(12-10-24)16(22-2)23-8-7-14-5-3-4-6-15(14)18;/h3-6,13H,7-12H2,1-2H3,(H,22,23);1H. The quantitative estimate of drug-likeness (QED) is 0.306. The van der Waals surface area contributed by atoms with Crippen LogP contribution in [0.2, 0.25) is 0 Å². The first-order chi connectivity index (χ1) is 11.8. The fourth-order valence-corrected chi connectivity index (χ4v) is 2.87. The Kier molecular flexibility index (Phi) is 9.08. The highest BCUT2D eigenvalue weighted by molar-refractivity contribution is 14.0. The minimum Gasteiger partial charge on any atom is -0.356 e. The molecule has 1 aliphatic rings. The van der Waals surface area contributed by atoms with Crippen molar-refractivity contribution in [3.63, 3.8) is 0 Å². The van der Waals surface area contributed by atoms with Crippen LogP contribution in [-0.4, -0.2) is 67.7 Å². The van der Waals surface area contributed by atoms with E-state index in [0.29, 0.717) is 50.7 Å². The zero-order valence-corrected chi connectivity index (χ0v) is 17.2. The van der Waals surface area contributed by atoms with Crippen LogP contribution in [0.1, 0.15) is 12.5 Å². The topological polar surface area (TPSA) is 30.9 Å². The second-order valence-electron chi connectivity index (χ2n) is 6.06. The van der Waals surface area contributed by atoms with Gasteiger partial charge in [0, 0.05) is 39.8 Å². The van der Waals surface area contributed by atoms with E-state index < -0.39 is 12.2 Å². The Balaban J connectivity index is 0.00000338. The van der Waals surface area contributed by atoms with E-state index in [0.717, 1.165) is 0 Å². The van der Waals surface area contributed by atoms with Gasteiger partial charge in [0.05, 0.1) is 0 Å². The Morgan fingerprint density at radius 1 is 1.19 bits per heavy atom. The SMILES string of the molecule is CN=C(NCCc1ccccc1F)N1CCN(C(C)C(F)(F)F)CC1.I. The second-order valence-corrected chi connectivity index (χ2v) is 6.06. The molecule has 0 spiro atoms. The molecule has 4 nitrogen and oxygen atoms in total. The number of nitrogens with zero attached hydrogens (tertiary/aromatic N) is 3. The first kappa shape index (κ1) is 22.9. The molecule has 0 amide bonds. The van der Waals surface area contributed by atoms with E-state index in [4.69, 9.17) is 0 Å². The lowest BCUT2D eigenvalue weighted by Crippen LogP contribution is -2.56. The number of guanidine groups is 1. The van der Waals surface area contributed by atoms with Crippen LogP contribution in [0, 0.1) is 5.82 Å². The Morgan fingerprint density at radius 3 is 2.35 bits per heavy atom. The van der Waals surface area contributed by atoms with Gasteiger partial charge in [0.25, 0.3) is 0 Å². The molecule has 1 atom stereocenters. The Labute approximate surface area is 168 Å². The van der Waals surface area contributed by atoms with E-state index >= 15 is 0 Å². The van der Waals surface area contributed by atoms with Gasteiger partial charge in [-0.1, -0.05) is 18.2 Å². The fourth-order valence-electron chi connectivity index (χ4n) is 2.87. The molecule has 148 valence electrons. The normalized spacial score (nSPS) is 17.6. The minimum atomic E-state index is -4.21. The van der Waals surface area contributed by atoms with E-state index in [1.807, 2.05) is 4.90 Å². The van der Waals surface area contributed by atoms with E-state index in [-0.39, 0.29) is 29.8 Å². The van der Waals surface area contributed by atoms with E-state index in [1.54, 1.807) is 25.2 Å². The summed E-state index contributed by atoms with van der Waals surface area (Å²) in [4.78, 5) is 7.55. The van der Waals surface area contributed by atoms with Crippen molar-refractivity contribution >= 4 is 29.9 Å². The summed E-state index contributed by atoms with van der Waals surface area (Å²) in [6.45, 7) is 3.30. The lowest BCUT2D eigenvalue weighted by Gasteiger charge is -2.39. The van der Waals surface area contributed by atoms with Crippen molar-refractivity contribution in [3.05, 3.63) is 35.6 Å². The highest BCUT2D eigenvalue weighted by Gasteiger charge is 2.41. The van der Waals surface area contributed by atoms with Gasteiger partial charge >= 0.3 is 6.18 Å². The average Bonchev–Trinajstić information content (AvgIpc) is 2.59. The van der Waals surface area contributed by atoms with Gasteiger partial charge in [-0.05, 0) is 25.0 Å². The number of aliphatic imine (C=N–C) groups is 1. The highest BCUT2D eigenvalue weighted by atomic mass is 127. The average molecular weight is 488 g/mol. The van der Waals surface area contributed by atoms with Crippen LogP contribution < -0.4 is 5.32 Å². The maximum atomic E-state index is 13.6. The fraction of sp³-hybridized carbons (Fsp3) is 0.588. The monoisotopic (exact) mass is 488 g/mol. The third-order valence-corrected chi connectivity index (χ3v) is 4.48. The van der Waals surface area contributed by atoms with Crippen LogP contribution in [0.25, 0.3) is 0 Å². The molecular weight excluding hydrogens is 463 g/mol. The molecule has 1 aliphatic heterocycles. The van der Waals surface area contributed by atoms with Crippen molar-refractivity contribution in [2.75, 3.05) is 39.8 Å². The molecule has 26 heavy (non-hydrogen) atoms. The Morgan fingerprint density at radius 2 is 1.81 bits per heavy atom. The molecule has 0 aliphatic carbocycles. The van der Waals surface area contributed by atoms with Gasteiger partial charge in [-0.15, -0.1) is 24.0 Å². The molecule has 1 N–H and O–H groups in total. The molecule has 0 radical (unpaired) electrons. The van der Waals surface area contributed by atoms with Crippen LogP contribution in [0.5, 0.6) is 0 Å². The van der Waals surface area contributed by atoms with Gasteiger partial charge < -0.3 is 10.2 Å². The zero-order valence-electron chi connectivity index (χ0n) is 14.9. The minimum absolute atomic E-state index is 0. The van der Waals surface area contributed by atoms with Gasteiger partial charge in [0.15, 0.2) is 5.96 Å². The summed E-state index contributed by atoms with van der Waals surface area (Å²) in [5.41, 5.74) is 0.620. The molecule has 0 bridgehead atoms. The van der Waals surface area contributed by atoms with Crippen LogP contribution in [-0.2, 0) is 6.42 Å². The van der Waals surface area contributed by atoms with Gasteiger partial charge in [-0.25, -0.2) is 4.39 Å². The largest absolute Gasteiger partial charge is 0.403 e. The number of benzene rings is 1. The third kappa shape index (κ3) is 6.26. The van der Waals surface area contributed by atoms with Crippen molar-refractivity contribution in [2.45, 2.75) is 25.6 Å². The summed E-state index contributed by atoms with van der Waals surface area (Å²) in [5, 5.41) is 3.16. The van der Waals surface area contributed by atoms with Crippen LogP contribution in [0.4, 0.5) is 17.6 Å². The summed E-state index contributed by atoms with van der Waals surface area (Å²) in [5.74, 6) is 0.393. The summed E-state index contributed by atoms with van der Waals surface area (Å²) in [7, 11) is 1.64. The molecule has 1 aromatic rings. The van der Waals surface area contributed by atoms with Crippen LogP contribution in [0.3, 0.4) is 0 Å². The molecule has 2 rings (SSSR count). The third-order valence-electron chi connectivity index (χ3n) is 4.48. The maximum absolute atomic E-state index is 13.6. The van der Waals surface area contributed by atoms with Crippen molar-refractivity contribution in [3.8, 4) is 0 Å². The maximum Gasteiger partial charge on any atom is 0.403 e.